The maximum Gasteiger partial charge on any atom is 0.0582 e. The molecule has 1 aliphatic heterocycles. The molecule has 1 saturated heterocycles. The van der Waals surface area contributed by atoms with E-state index >= 15 is 0 Å². The number of hydrogen-bond donors (Lipinski definition) is 0. The van der Waals surface area contributed by atoms with E-state index < -0.39 is 0 Å². The van der Waals surface area contributed by atoms with Gasteiger partial charge in [-0.1, -0.05) is 54.9 Å². The SMILES string of the molecule is CC12CCc3c(ccc(Br)c3Cl)C1CN(Cc1ccccc1)C2. The molecule has 1 nitrogen and oxygen atoms in total. The molecule has 3 heteroatoms. The van der Waals surface area contributed by atoms with Crippen LogP contribution < -0.4 is 0 Å². The second-order valence-corrected chi connectivity index (χ2v) is 8.52. The van der Waals surface area contributed by atoms with E-state index in [1.165, 1.54) is 29.7 Å². The predicted octanol–water partition coefficient (Wildman–Crippen LogP) is 5.65. The van der Waals surface area contributed by atoms with Gasteiger partial charge in [-0.3, -0.25) is 4.90 Å². The van der Waals surface area contributed by atoms with Crippen LogP contribution in [0.5, 0.6) is 0 Å². The van der Waals surface area contributed by atoms with Gasteiger partial charge in [0.25, 0.3) is 0 Å². The minimum atomic E-state index is 0.374. The summed E-state index contributed by atoms with van der Waals surface area (Å²) in [6, 6.07) is 15.2. The molecule has 2 aliphatic rings. The van der Waals surface area contributed by atoms with Crippen molar-refractivity contribution in [2.45, 2.75) is 32.2 Å². The molecule has 1 heterocycles. The fourth-order valence-corrected chi connectivity index (χ4v) is 5.09. The zero-order chi connectivity index (χ0) is 16.0. The molecule has 1 aliphatic carbocycles. The first-order valence-electron chi connectivity index (χ1n) is 8.30. The van der Waals surface area contributed by atoms with Crippen LogP contribution in [0.4, 0.5) is 0 Å². The first-order chi connectivity index (χ1) is 11.1. The highest BCUT2D eigenvalue weighted by molar-refractivity contribution is 9.10. The molecule has 0 saturated carbocycles. The summed E-state index contributed by atoms with van der Waals surface area (Å²) in [5, 5.41) is 0.922. The molecule has 4 rings (SSSR count). The van der Waals surface area contributed by atoms with Crippen molar-refractivity contribution in [1.29, 1.82) is 0 Å². The lowest BCUT2D eigenvalue weighted by atomic mass is 9.67. The number of halogens is 2. The minimum absolute atomic E-state index is 0.374. The maximum atomic E-state index is 6.55. The lowest BCUT2D eigenvalue weighted by Gasteiger charge is -2.37. The third-order valence-electron chi connectivity index (χ3n) is 5.67. The Labute approximate surface area is 151 Å². The monoisotopic (exact) mass is 389 g/mol. The summed E-state index contributed by atoms with van der Waals surface area (Å²) in [6.45, 7) is 5.82. The summed E-state index contributed by atoms with van der Waals surface area (Å²) in [4.78, 5) is 2.62. The summed E-state index contributed by atoms with van der Waals surface area (Å²) in [5.74, 6) is 0.598. The lowest BCUT2D eigenvalue weighted by molar-refractivity contribution is 0.240. The van der Waals surface area contributed by atoms with Crippen molar-refractivity contribution in [1.82, 2.24) is 4.90 Å². The van der Waals surface area contributed by atoms with Crippen LogP contribution in [-0.2, 0) is 13.0 Å². The molecular weight excluding hydrogens is 370 g/mol. The van der Waals surface area contributed by atoms with Crippen LogP contribution in [0.25, 0.3) is 0 Å². The van der Waals surface area contributed by atoms with Crippen LogP contribution >= 0.6 is 27.5 Å². The third kappa shape index (κ3) is 2.75. The second kappa shape index (κ2) is 5.91. The van der Waals surface area contributed by atoms with Crippen LogP contribution in [0.15, 0.2) is 46.9 Å². The van der Waals surface area contributed by atoms with Crippen molar-refractivity contribution in [3.8, 4) is 0 Å². The van der Waals surface area contributed by atoms with Crippen LogP contribution in [0.2, 0.25) is 5.02 Å². The van der Waals surface area contributed by atoms with E-state index in [-0.39, 0.29) is 0 Å². The van der Waals surface area contributed by atoms with E-state index in [0.29, 0.717) is 11.3 Å². The van der Waals surface area contributed by atoms with E-state index in [9.17, 15) is 0 Å². The Hall–Kier alpha value is -0.830. The zero-order valence-corrected chi connectivity index (χ0v) is 15.7. The Morgan fingerprint density at radius 3 is 2.78 bits per heavy atom. The fraction of sp³-hybridized carbons (Fsp3) is 0.400. The molecule has 120 valence electrons. The Kier molecular flexibility index (Phi) is 4.03. The van der Waals surface area contributed by atoms with Crippen molar-refractivity contribution in [2.24, 2.45) is 5.41 Å². The zero-order valence-electron chi connectivity index (χ0n) is 13.4. The Morgan fingerprint density at radius 1 is 1.22 bits per heavy atom. The number of likely N-dealkylation sites (tertiary alicyclic amines) is 1. The molecule has 0 bridgehead atoms. The molecule has 23 heavy (non-hydrogen) atoms. The first kappa shape index (κ1) is 15.7. The van der Waals surface area contributed by atoms with Gasteiger partial charge in [-0.2, -0.15) is 0 Å². The number of benzene rings is 2. The topological polar surface area (TPSA) is 3.24 Å². The van der Waals surface area contributed by atoms with E-state index in [1.54, 1.807) is 0 Å². The summed E-state index contributed by atoms with van der Waals surface area (Å²) < 4.78 is 1.03. The van der Waals surface area contributed by atoms with Crippen molar-refractivity contribution in [2.75, 3.05) is 13.1 Å². The average molecular weight is 391 g/mol. The van der Waals surface area contributed by atoms with Crippen molar-refractivity contribution >= 4 is 27.5 Å². The molecule has 0 N–H and O–H groups in total. The van der Waals surface area contributed by atoms with Gasteiger partial charge in [0.05, 0.1) is 5.02 Å². The van der Waals surface area contributed by atoms with Crippen molar-refractivity contribution in [3.05, 3.63) is 68.7 Å². The highest BCUT2D eigenvalue weighted by Crippen LogP contribution is 2.52. The molecule has 2 atom stereocenters. The van der Waals surface area contributed by atoms with Gasteiger partial charge in [0.1, 0.15) is 0 Å². The smallest absolute Gasteiger partial charge is 0.0582 e. The van der Waals surface area contributed by atoms with Crippen molar-refractivity contribution in [3.63, 3.8) is 0 Å². The van der Waals surface area contributed by atoms with Gasteiger partial charge in [-0.15, -0.1) is 0 Å². The number of fused-ring (bicyclic) bond motifs is 3. The van der Waals surface area contributed by atoms with Gasteiger partial charge < -0.3 is 0 Å². The first-order valence-corrected chi connectivity index (χ1v) is 9.47. The maximum absolute atomic E-state index is 6.55. The van der Waals surface area contributed by atoms with Gasteiger partial charge in [0.2, 0.25) is 0 Å². The quantitative estimate of drug-likeness (QED) is 0.640. The standard InChI is InChI=1S/C20H21BrClN/c1-20-10-9-16-15(7-8-18(21)19(16)22)17(20)12-23(13-20)11-14-5-3-2-4-6-14/h2-8,17H,9-13H2,1H3. The molecule has 0 aromatic heterocycles. The van der Waals surface area contributed by atoms with Gasteiger partial charge in [0.15, 0.2) is 0 Å². The third-order valence-corrected chi connectivity index (χ3v) is 6.99. The van der Waals surface area contributed by atoms with E-state index in [4.69, 9.17) is 11.6 Å². The molecular formula is C20H21BrClN. The summed E-state index contributed by atoms with van der Waals surface area (Å²) >= 11 is 10.1. The van der Waals surface area contributed by atoms with Crippen LogP contribution in [0.1, 0.15) is 36.0 Å². The van der Waals surface area contributed by atoms with Gasteiger partial charge >= 0.3 is 0 Å². The highest BCUT2D eigenvalue weighted by atomic mass is 79.9. The Morgan fingerprint density at radius 2 is 2.00 bits per heavy atom. The van der Waals surface area contributed by atoms with E-state index in [0.717, 1.165) is 29.0 Å². The highest BCUT2D eigenvalue weighted by Gasteiger charge is 2.46. The molecule has 0 radical (unpaired) electrons. The molecule has 2 aromatic carbocycles. The molecule has 2 unspecified atom stereocenters. The normalized spacial score (nSPS) is 26.8. The van der Waals surface area contributed by atoms with Gasteiger partial charge in [-0.25, -0.2) is 0 Å². The lowest BCUT2D eigenvalue weighted by Crippen LogP contribution is -2.30. The number of rotatable bonds is 2. The molecule has 0 spiro atoms. The van der Waals surface area contributed by atoms with Crippen LogP contribution in [-0.4, -0.2) is 18.0 Å². The van der Waals surface area contributed by atoms with Crippen LogP contribution in [0, 0.1) is 5.41 Å². The van der Waals surface area contributed by atoms with Crippen molar-refractivity contribution < 1.29 is 0 Å². The van der Waals surface area contributed by atoms with E-state index in [2.05, 4.69) is 70.2 Å². The Balaban J connectivity index is 1.63. The minimum Gasteiger partial charge on any atom is -0.298 e. The Bertz CT molecular complexity index is 730. The molecule has 1 fully saturated rings. The second-order valence-electron chi connectivity index (χ2n) is 7.29. The largest absolute Gasteiger partial charge is 0.298 e. The fourth-order valence-electron chi connectivity index (χ4n) is 4.45. The number of nitrogens with zero attached hydrogens (tertiary/aromatic N) is 1. The van der Waals surface area contributed by atoms with E-state index in [1.807, 2.05) is 0 Å². The van der Waals surface area contributed by atoms with Crippen LogP contribution in [0.3, 0.4) is 0 Å². The average Bonchev–Trinajstić information content (AvgIpc) is 2.88. The summed E-state index contributed by atoms with van der Waals surface area (Å²) in [7, 11) is 0. The van der Waals surface area contributed by atoms with Gasteiger partial charge in [-0.05, 0) is 56.9 Å². The summed E-state index contributed by atoms with van der Waals surface area (Å²) in [5.41, 5.74) is 4.62. The number of hydrogen-bond acceptors (Lipinski definition) is 1. The predicted molar refractivity (Wildman–Crippen MR) is 100 cm³/mol. The van der Waals surface area contributed by atoms with Gasteiger partial charge in [0, 0.05) is 30.0 Å². The summed E-state index contributed by atoms with van der Waals surface area (Å²) in [6.07, 6.45) is 2.33. The molecule has 0 amide bonds. The molecule has 2 aromatic rings.